The van der Waals surface area contributed by atoms with Crippen molar-refractivity contribution in [1.29, 1.82) is 0 Å². The quantitative estimate of drug-likeness (QED) is 0.388. The second-order valence-electron chi connectivity index (χ2n) is 9.43. The van der Waals surface area contributed by atoms with Crippen molar-refractivity contribution in [2.75, 3.05) is 38.0 Å². The van der Waals surface area contributed by atoms with Crippen LogP contribution in [0.3, 0.4) is 0 Å². The number of fused-ring (bicyclic) bond motifs is 1. The number of anilines is 1. The number of piperazine rings is 1. The van der Waals surface area contributed by atoms with Crippen LogP contribution in [0.1, 0.15) is 27.4 Å². The number of hydrogen-bond donors (Lipinski definition) is 1. The molecule has 0 spiro atoms. The van der Waals surface area contributed by atoms with E-state index in [1.54, 1.807) is 17.0 Å². The number of ether oxygens (including phenoxy) is 1. The maximum absolute atomic E-state index is 13.0. The Hall–Kier alpha value is -4.10. The average molecular weight is 498 g/mol. The maximum Gasteiger partial charge on any atom is 0.289 e. The second-order valence-corrected chi connectivity index (χ2v) is 9.43. The number of rotatable bonds is 7. The number of aryl methyl sites for hydroxylation is 1. The number of nitrogens with zero attached hydrogens (tertiary/aromatic N) is 2. The van der Waals surface area contributed by atoms with Crippen LogP contribution >= 0.6 is 0 Å². The summed E-state index contributed by atoms with van der Waals surface area (Å²) in [7, 11) is 0. The van der Waals surface area contributed by atoms with Crippen LogP contribution in [0.15, 0.2) is 77.2 Å². The van der Waals surface area contributed by atoms with Crippen LogP contribution in [0.4, 0.5) is 5.69 Å². The maximum atomic E-state index is 13.0. The summed E-state index contributed by atoms with van der Waals surface area (Å²) in [5, 5.41) is 5.27. The van der Waals surface area contributed by atoms with Crippen molar-refractivity contribution in [2.45, 2.75) is 20.5 Å². The van der Waals surface area contributed by atoms with Crippen LogP contribution in [-0.2, 0) is 11.4 Å². The Morgan fingerprint density at radius 1 is 0.892 bits per heavy atom. The van der Waals surface area contributed by atoms with Crippen LogP contribution < -0.4 is 10.1 Å². The fraction of sp³-hybridized carbons (Fsp3) is 0.267. The smallest absolute Gasteiger partial charge is 0.289 e. The fourth-order valence-electron chi connectivity index (χ4n) is 4.53. The largest absolute Gasteiger partial charge is 0.486 e. The third-order valence-corrected chi connectivity index (χ3v) is 6.88. The summed E-state index contributed by atoms with van der Waals surface area (Å²) in [5.74, 6) is 1.46. The molecular formula is C30H31N3O4. The molecule has 0 atom stereocenters. The number of carbonyl (C=O) groups is 2. The zero-order valence-corrected chi connectivity index (χ0v) is 21.2. The van der Waals surface area contributed by atoms with Crippen molar-refractivity contribution in [3.05, 3.63) is 95.4 Å². The molecule has 0 aliphatic carbocycles. The number of benzene rings is 3. The van der Waals surface area contributed by atoms with Crippen molar-refractivity contribution < 1.29 is 18.7 Å². The molecule has 2 heterocycles. The summed E-state index contributed by atoms with van der Waals surface area (Å²) in [5.41, 5.74) is 3.06. The molecule has 37 heavy (non-hydrogen) atoms. The molecule has 1 aromatic heterocycles. The van der Waals surface area contributed by atoms with E-state index < -0.39 is 0 Å². The van der Waals surface area contributed by atoms with Gasteiger partial charge in [-0.1, -0.05) is 42.5 Å². The Labute approximate surface area is 216 Å². The lowest BCUT2D eigenvalue weighted by Crippen LogP contribution is -2.50. The van der Waals surface area contributed by atoms with Gasteiger partial charge in [0, 0.05) is 31.9 Å². The molecular weight excluding hydrogens is 466 g/mol. The topological polar surface area (TPSA) is 75.0 Å². The highest BCUT2D eigenvalue weighted by atomic mass is 16.5. The number of carbonyl (C=O) groups excluding carboxylic acids is 2. The Morgan fingerprint density at radius 3 is 2.49 bits per heavy atom. The lowest BCUT2D eigenvalue weighted by atomic mass is 10.1. The summed E-state index contributed by atoms with van der Waals surface area (Å²) >= 11 is 0. The molecule has 190 valence electrons. The summed E-state index contributed by atoms with van der Waals surface area (Å²) in [6, 6.07) is 23.4. The Kier molecular flexibility index (Phi) is 7.23. The summed E-state index contributed by atoms with van der Waals surface area (Å²) in [4.78, 5) is 29.4. The molecule has 7 nitrogen and oxygen atoms in total. The number of furan rings is 1. The van der Waals surface area contributed by atoms with Gasteiger partial charge < -0.3 is 19.4 Å². The predicted octanol–water partition coefficient (Wildman–Crippen LogP) is 5.03. The van der Waals surface area contributed by atoms with Gasteiger partial charge in [-0.2, -0.15) is 0 Å². The van der Waals surface area contributed by atoms with Crippen molar-refractivity contribution in [3.8, 4) is 5.75 Å². The normalized spacial score (nSPS) is 14.1. The highest BCUT2D eigenvalue weighted by molar-refractivity contribution is 5.93. The lowest BCUT2D eigenvalue weighted by Gasteiger charge is -2.33. The van der Waals surface area contributed by atoms with Crippen molar-refractivity contribution in [1.82, 2.24) is 9.80 Å². The van der Waals surface area contributed by atoms with Crippen molar-refractivity contribution >= 4 is 28.3 Å². The van der Waals surface area contributed by atoms with Crippen molar-refractivity contribution in [3.63, 3.8) is 0 Å². The zero-order chi connectivity index (χ0) is 25.8. The molecule has 1 aliphatic heterocycles. The molecule has 7 heteroatoms. The monoisotopic (exact) mass is 497 g/mol. The first-order valence-electron chi connectivity index (χ1n) is 12.5. The molecule has 0 bridgehead atoms. The van der Waals surface area contributed by atoms with Crippen LogP contribution in [0.25, 0.3) is 10.8 Å². The van der Waals surface area contributed by atoms with Crippen LogP contribution in [0.2, 0.25) is 0 Å². The molecule has 0 radical (unpaired) electrons. The van der Waals surface area contributed by atoms with Crippen LogP contribution in [-0.4, -0.2) is 54.3 Å². The summed E-state index contributed by atoms with van der Waals surface area (Å²) in [6.45, 7) is 6.92. The highest BCUT2D eigenvalue weighted by Crippen LogP contribution is 2.22. The first kappa shape index (κ1) is 24.6. The molecule has 1 aliphatic rings. The van der Waals surface area contributed by atoms with E-state index in [0.717, 1.165) is 33.3 Å². The average Bonchev–Trinajstić information content (AvgIpc) is 3.39. The van der Waals surface area contributed by atoms with E-state index in [2.05, 4.69) is 16.3 Å². The van der Waals surface area contributed by atoms with Gasteiger partial charge in [0.05, 0.1) is 6.54 Å². The van der Waals surface area contributed by atoms with Gasteiger partial charge in [-0.05, 0) is 66.1 Å². The number of hydrogen-bond acceptors (Lipinski definition) is 5. The lowest BCUT2D eigenvalue weighted by molar-refractivity contribution is -0.117. The van der Waals surface area contributed by atoms with E-state index in [4.69, 9.17) is 9.15 Å². The van der Waals surface area contributed by atoms with Crippen molar-refractivity contribution in [2.24, 2.45) is 0 Å². The van der Waals surface area contributed by atoms with Gasteiger partial charge in [-0.3, -0.25) is 14.5 Å². The van der Waals surface area contributed by atoms with E-state index in [-0.39, 0.29) is 18.4 Å². The van der Waals surface area contributed by atoms with Gasteiger partial charge in [-0.15, -0.1) is 0 Å². The van der Waals surface area contributed by atoms with E-state index in [0.29, 0.717) is 44.2 Å². The van der Waals surface area contributed by atoms with E-state index in [9.17, 15) is 9.59 Å². The third-order valence-electron chi connectivity index (χ3n) is 6.88. The first-order chi connectivity index (χ1) is 18.0. The van der Waals surface area contributed by atoms with Gasteiger partial charge in [-0.25, -0.2) is 0 Å². The molecule has 1 N–H and O–H groups in total. The number of amides is 2. The minimum Gasteiger partial charge on any atom is -0.486 e. The van der Waals surface area contributed by atoms with Crippen LogP contribution in [0.5, 0.6) is 5.75 Å². The van der Waals surface area contributed by atoms with Gasteiger partial charge in [0.15, 0.2) is 5.76 Å². The number of nitrogens with one attached hydrogen (secondary N) is 1. The molecule has 3 aromatic carbocycles. The SMILES string of the molecule is Cc1cccc(NC(=O)CN2CCN(C(=O)c3ccc(COc4ccc5ccccc5c4)o3)CC2)c1C. The van der Waals surface area contributed by atoms with Gasteiger partial charge >= 0.3 is 0 Å². The Balaban J connectivity index is 1.10. The van der Waals surface area contributed by atoms with E-state index in [1.165, 1.54) is 0 Å². The van der Waals surface area contributed by atoms with E-state index >= 15 is 0 Å². The Morgan fingerprint density at radius 2 is 1.68 bits per heavy atom. The van der Waals surface area contributed by atoms with Gasteiger partial charge in [0.1, 0.15) is 18.1 Å². The molecule has 0 unspecified atom stereocenters. The summed E-state index contributed by atoms with van der Waals surface area (Å²) < 4.78 is 11.7. The predicted molar refractivity (Wildman–Crippen MR) is 144 cm³/mol. The minimum atomic E-state index is -0.142. The molecule has 1 fully saturated rings. The standard InChI is InChI=1S/C30H31N3O4/c1-21-6-5-9-27(22(21)2)31-29(34)19-32-14-16-33(17-15-32)30(35)28-13-12-26(37-28)20-36-25-11-10-23-7-3-4-8-24(23)18-25/h3-13,18H,14-17,19-20H2,1-2H3,(H,31,34). The second kappa shape index (κ2) is 10.9. The fourth-order valence-corrected chi connectivity index (χ4v) is 4.53. The highest BCUT2D eigenvalue weighted by Gasteiger charge is 2.25. The molecule has 2 amide bonds. The zero-order valence-electron chi connectivity index (χ0n) is 21.2. The van der Waals surface area contributed by atoms with Crippen LogP contribution in [0, 0.1) is 13.8 Å². The summed E-state index contributed by atoms with van der Waals surface area (Å²) in [6.07, 6.45) is 0. The first-order valence-corrected chi connectivity index (χ1v) is 12.5. The van der Waals surface area contributed by atoms with E-state index in [1.807, 2.05) is 68.4 Å². The van der Waals surface area contributed by atoms with Gasteiger partial charge in [0.2, 0.25) is 5.91 Å². The molecule has 0 saturated carbocycles. The Bertz CT molecular complexity index is 1420. The molecule has 5 rings (SSSR count). The molecule has 1 saturated heterocycles. The van der Waals surface area contributed by atoms with Gasteiger partial charge in [0.25, 0.3) is 5.91 Å². The minimum absolute atomic E-state index is 0.0458. The molecule has 4 aromatic rings. The third kappa shape index (κ3) is 5.84.